The molecule has 1 N–H and O–H groups in total. The number of hydrogen-bond acceptors (Lipinski definition) is 3. The van der Waals surface area contributed by atoms with Gasteiger partial charge in [0.2, 0.25) is 0 Å². The maximum absolute atomic E-state index is 13.8. The van der Waals surface area contributed by atoms with Crippen molar-refractivity contribution in [3.63, 3.8) is 0 Å². The second kappa shape index (κ2) is 23.3. The second-order valence-electron chi connectivity index (χ2n) is 20.2. The third-order valence-corrected chi connectivity index (χ3v) is 16.3. The Balaban J connectivity index is 2.01. The van der Waals surface area contributed by atoms with Crippen LogP contribution in [-0.4, -0.2) is 17.2 Å². The molecule has 0 saturated carbocycles. The van der Waals surface area contributed by atoms with Gasteiger partial charge in [-0.3, -0.25) is 0 Å². The standard InChI is InChI=1S/C52H91O3P/c1-12-15-17-19-21-23-25-27-29-31-33-36-56(53,37-34-32-30-28-26-24-22-20-18-16-13-2)54-49-38-42(4)45(40-47(49)51(6,7)8)44(35-14-3)46-41-48(52(9,10)11)50(55-56)39-43(46)5/h38-41,44,53H,12-37H2,1-11H3. The molecule has 4 bridgehead atoms. The van der Waals surface area contributed by atoms with Gasteiger partial charge in [0.15, 0.2) is 0 Å². The molecule has 0 aromatic heterocycles. The molecule has 3 nitrogen and oxygen atoms in total. The fraction of sp³-hybridized carbons (Fsp3) is 0.769. The van der Waals surface area contributed by atoms with Crippen LogP contribution in [0, 0.1) is 13.8 Å². The summed E-state index contributed by atoms with van der Waals surface area (Å²) in [6, 6.07) is 9.44. The van der Waals surface area contributed by atoms with E-state index < -0.39 is 7.28 Å². The van der Waals surface area contributed by atoms with Gasteiger partial charge in [0.05, 0.1) is 0 Å². The zero-order chi connectivity index (χ0) is 41.3. The van der Waals surface area contributed by atoms with E-state index in [0.29, 0.717) is 18.2 Å². The van der Waals surface area contributed by atoms with Crippen molar-refractivity contribution in [1.29, 1.82) is 0 Å². The quantitative estimate of drug-likeness (QED) is 0.0761. The minimum absolute atomic E-state index is 0.158. The average molecular weight is 795 g/mol. The molecule has 4 heteroatoms. The average Bonchev–Trinajstić information content (AvgIpc) is 3.11. The van der Waals surface area contributed by atoms with E-state index in [1.54, 1.807) is 0 Å². The van der Waals surface area contributed by atoms with Crippen molar-refractivity contribution in [2.24, 2.45) is 0 Å². The molecule has 0 spiro atoms. The summed E-state index contributed by atoms with van der Waals surface area (Å²) < 4.78 is 14.9. The van der Waals surface area contributed by atoms with Crippen LogP contribution in [0.25, 0.3) is 0 Å². The molecule has 2 aromatic carbocycles. The first-order chi connectivity index (χ1) is 26.6. The Morgan fingerprint density at radius 1 is 0.464 bits per heavy atom. The van der Waals surface area contributed by atoms with Gasteiger partial charge in [-0.25, -0.2) is 0 Å². The van der Waals surface area contributed by atoms with E-state index in [1.807, 2.05) is 0 Å². The topological polar surface area (TPSA) is 38.7 Å². The molecular formula is C52H91O3P. The van der Waals surface area contributed by atoms with Gasteiger partial charge >= 0.3 is 336 Å². The number of aryl methyl sites for hydroxylation is 2. The van der Waals surface area contributed by atoms with Crippen LogP contribution in [0.5, 0.6) is 11.5 Å². The summed E-state index contributed by atoms with van der Waals surface area (Å²) in [4.78, 5) is 13.8. The van der Waals surface area contributed by atoms with Crippen LogP contribution in [0.2, 0.25) is 0 Å². The number of unbranched alkanes of at least 4 members (excludes halogenated alkanes) is 20. The number of hydrogen-bond donors (Lipinski definition) is 1. The van der Waals surface area contributed by atoms with Crippen molar-refractivity contribution in [2.75, 3.05) is 12.3 Å². The molecule has 322 valence electrons. The van der Waals surface area contributed by atoms with Crippen LogP contribution in [0.3, 0.4) is 0 Å². The zero-order valence-electron chi connectivity index (χ0n) is 39.0. The van der Waals surface area contributed by atoms with Crippen molar-refractivity contribution >= 4 is 7.28 Å². The summed E-state index contributed by atoms with van der Waals surface area (Å²) in [6.07, 6.45) is 31.4. The Labute approximate surface area is 348 Å². The summed E-state index contributed by atoms with van der Waals surface area (Å²) in [6.45, 7) is 25.2. The minimum atomic E-state index is -4.29. The molecule has 0 saturated heterocycles. The van der Waals surface area contributed by atoms with E-state index in [9.17, 15) is 4.89 Å². The van der Waals surface area contributed by atoms with Crippen LogP contribution >= 0.6 is 7.28 Å². The van der Waals surface area contributed by atoms with Crippen molar-refractivity contribution in [3.05, 3.63) is 57.6 Å². The van der Waals surface area contributed by atoms with E-state index >= 15 is 0 Å². The molecule has 0 atom stereocenters. The first-order valence-corrected chi connectivity index (χ1v) is 26.4. The van der Waals surface area contributed by atoms with E-state index in [-0.39, 0.29) is 10.8 Å². The van der Waals surface area contributed by atoms with Gasteiger partial charge in [0.1, 0.15) is 0 Å². The molecular weight excluding hydrogens is 704 g/mol. The predicted molar refractivity (Wildman–Crippen MR) is 250 cm³/mol. The summed E-state index contributed by atoms with van der Waals surface area (Å²) in [5.74, 6) is 1.97. The molecule has 4 heterocycles. The van der Waals surface area contributed by atoms with Gasteiger partial charge in [-0.15, -0.1) is 0 Å². The molecule has 0 aliphatic carbocycles. The molecule has 56 heavy (non-hydrogen) atoms. The van der Waals surface area contributed by atoms with Gasteiger partial charge in [-0.1, -0.05) is 13.8 Å². The van der Waals surface area contributed by atoms with Crippen molar-refractivity contribution in [2.45, 2.75) is 247 Å². The molecule has 2 aromatic rings. The third-order valence-electron chi connectivity index (χ3n) is 12.7. The first-order valence-electron chi connectivity index (χ1n) is 24.0. The number of rotatable bonds is 26. The molecule has 0 fully saturated rings. The van der Waals surface area contributed by atoms with Crippen LogP contribution in [0.15, 0.2) is 24.3 Å². The van der Waals surface area contributed by atoms with Gasteiger partial charge in [0, 0.05) is 0 Å². The SMILES string of the molecule is CCCCCCCCCCCCCP1(O)(CCCCCCCCCCCCC)Oc2cc(C)c(cc2C(C)(C)C)C(CCC)c2cc(C(C)(C)C)c(cc2C)O1. The zero-order valence-corrected chi connectivity index (χ0v) is 39.9. The van der Waals surface area contributed by atoms with Crippen LogP contribution < -0.4 is 9.05 Å². The van der Waals surface area contributed by atoms with Crippen LogP contribution in [0.1, 0.15) is 256 Å². The Morgan fingerprint density at radius 3 is 1.05 bits per heavy atom. The normalized spacial score (nSPS) is 17.1. The molecule has 4 aliphatic heterocycles. The molecule has 0 amide bonds. The fourth-order valence-electron chi connectivity index (χ4n) is 9.17. The van der Waals surface area contributed by atoms with Gasteiger partial charge < -0.3 is 0 Å². The van der Waals surface area contributed by atoms with E-state index in [4.69, 9.17) is 9.05 Å². The molecule has 4 aliphatic rings. The van der Waals surface area contributed by atoms with Crippen molar-refractivity contribution in [3.8, 4) is 11.5 Å². The fourth-order valence-corrected chi connectivity index (χ4v) is 12.7. The molecule has 0 radical (unpaired) electrons. The summed E-state index contributed by atoms with van der Waals surface area (Å²) in [7, 11) is -4.29. The summed E-state index contributed by atoms with van der Waals surface area (Å²) >= 11 is 0. The van der Waals surface area contributed by atoms with E-state index in [1.165, 1.54) is 149 Å². The maximum atomic E-state index is 13.8. The Kier molecular flexibility index (Phi) is 20.3. The van der Waals surface area contributed by atoms with Crippen LogP contribution in [0.4, 0.5) is 0 Å². The Hall–Kier alpha value is -1.57. The first kappa shape index (κ1) is 48.8. The predicted octanol–water partition coefficient (Wildman–Crippen LogP) is 17.5. The van der Waals surface area contributed by atoms with E-state index in [2.05, 4.69) is 100 Å². The van der Waals surface area contributed by atoms with Crippen LogP contribution in [-0.2, 0) is 10.8 Å². The Morgan fingerprint density at radius 2 is 0.768 bits per heavy atom. The van der Waals surface area contributed by atoms with Gasteiger partial charge in [-0.2, -0.15) is 0 Å². The number of benzene rings is 2. The second-order valence-corrected chi connectivity index (χ2v) is 24.0. The summed E-state index contributed by atoms with van der Waals surface area (Å²) in [5, 5.41) is 0. The molecule has 6 rings (SSSR count). The van der Waals surface area contributed by atoms with E-state index in [0.717, 1.165) is 50.0 Å². The van der Waals surface area contributed by atoms with Crippen molar-refractivity contribution < 1.29 is 13.9 Å². The third kappa shape index (κ3) is 15.2. The summed E-state index contributed by atoms with van der Waals surface area (Å²) in [5.41, 5.74) is 7.36. The Bertz CT molecular complexity index is 1330. The monoisotopic (exact) mass is 795 g/mol. The van der Waals surface area contributed by atoms with Gasteiger partial charge in [-0.05, 0) is 0 Å². The molecule has 0 unspecified atom stereocenters. The van der Waals surface area contributed by atoms with Crippen molar-refractivity contribution in [1.82, 2.24) is 0 Å². The van der Waals surface area contributed by atoms with Gasteiger partial charge in [0.25, 0.3) is 0 Å².